The summed E-state index contributed by atoms with van der Waals surface area (Å²) < 4.78 is 27.2. The van der Waals surface area contributed by atoms with E-state index >= 15 is 0 Å². The molecule has 1 saturated carbocycles. The second-order valence-electron chi connectivity index (χ2n) is 5.56. The van der Waals surface area contributed by atoms with Gasteiger partial charge in [-0.1, -0.05) is 43.2 Å². The fraction of sp³-hybridized carbons (Fsp3) is 0.600. The zero-order valence-corrected chi connectivity index (χ0v) is 12.6. The van der Waals surface area contributed by atoms with E-state index in [4.69, 9.17) is 5.73 Å². The number of nitrogens with one attached hydrogen (secondary N) is 1. The van der Waals surface area contributed by atoms with Crippen molar-refractivity contribution in [3.63, 3.8) is 0 Å². The van der Waals surface area contributed by atoms with Crippen molar-refractivity contribution in [2.45, 2.75) is 38.1 Å². The average molecular weight is 296 g/mol. The third kappa shape index (κ3) is 4.58. The lowest BCUT2D eigenvalue weighted by Gasteiger charge is -2.31. The first-order chi connectivity index (χ1) is 9.61. The molecule has 1 aromatic carbocycles. The van der Waals surface area contributed by atoms with E-state index in [1.54, 1.807) is 0 Å². The van der Waals surface area contributed by atoms with Gasteiger partial charge in [0.05, 0.1) is 5.75 Å². The SMILES string of the molecule is NC[C@H]1CCCC[C@H]1NS(=O)(=O)CCc1ccccc1. The van der Waals surface area contributed by atoms with Crippen LogP contribution in [0.25, 0.3) is 0 Å². The molecule has 1 aromatic rings. The minimum absolute atomic E-state index is 0.0227. The fourth-order valence-corrected chi connectivity index (χ4v) is 4.23. The first-order valence-electron chi connectivity index (χ1n) is 7.35. The van der Waals surface area contributed by atoms with E-state index in [1.165, 1.54) is 0 Å². The van der Waals surface area contributed by atoms with Crippen LogP contribution in [0.2, 0.25) is 0 Å². The van der Waals surface area contributed by atoms with Crippen molar-refractivity contribution in [3.05, 3.63) is 35.9 Å². The van der Waals surface area contributed by atoms with E-state index in [0.29, 0.717) is 13.0 Å². The lowest BCUT2D eigenvalue weighted by Crippen LogP contribution is -2.45. The molecule has 20 heavy (non-hydrogen) atoms. The second kappa shape index (κ2) is 7.20. The molecule has 0 aromatic heterocycles. The summed E-state index contributed by atoms with van der Waals surface area (Å²) in [6, 6.07) is 9.73. The van der Waals surface area contributed by atoms with E-state index in [2.05, 4.69) is 4.72 Å². The highest BCUT2D eigenvalue weighted by Gasteiger charge is 2.27. The molecule has 0 spiro atoms. The zero-order valence-electron chi connectivity index (χ0n) is 11.8. The van der Waals surface area contributed by atoms with Crippen LogP contribution in [0.1, 0.15) is 31.2 Å². The Morgan fingerprint density at radius 3 is 2.55 bits per heavy atom. The normalized spacial score (nSPS) is 23.6. The highest BCUT2D eigenvalue weighted by atomic mass is 32.2. The van der Waals surface area contributed by atoms with E-state index in [9.17, 15) is 8.42 Å². The van der Waals surface area contributed by atoms with Crippen LogP contribution in [0.4, 0.5) is 0 Å². The van der Waals surface area contributed by atoms with E-state index in [-0.39, 0.29) is 17.7 Å². The van der Waals surface area contributed by atoms with Crippen molar-refractivity contribution < 1.29 is 8.42 Å². The lowest BCUT2D eigenvalue weighted by atomic mass is 9.85. The largest absolute Gasteiger partial charge is 0.330 e. The number of sulfonamides is 1. The molecule has 0 amide bonds. The third-order valence-electron chi connectivity index (χ3n) is 4.05. The Morgan fingerprint density at radius 1 is 1.15 bits per heavy atom. The Bertz CT molecular complexity index is 502. The molecule has 0 bridgehead atoms. The van der Waals surface area contributed by atoms with Crippen molar-refractivity contribution in [1.29, 1.82) is 0 Å². The van der Waals surface area contributed by atoms with Crippen molar-refractivity contribution in [1.82, 2.24) is 4.72 Å². The number of benzene rings is 1. The summed E-state index contributed by atoms with van der Waals surface area (Å²) in [5.74, 6) is 0.431. The van der Waals surface area contributed by atoms with Crippen LogP contribution < -0.4 is 10.5 Å². The average Bonchev–Trinajstić information content (AvgIpc) is 2.47. The van der Waals surface area contributed by atoms with Gasteiger partial charge in [-0.25, -0.2) is 13.1 Å². The van der Waals surface area contributed by atoms with E-state index in [0.717, 1.165) is 31.2 Å². The van der Waals surface area contributed by atoms with Gasteiger partial charge in [0.15, 0.2) is 0 Å². The van der Waals surface area contributed by atoms with Gasteiger partial charge in [-0.05, 0) is 37.3 Å². The van der Waals surface area contributed by atoms with Gasteiger partial charge in [0.2, 0.25) is 10.0 Å². The standard InChI is InChI=1S/C15H24N2O2S/c16-12-14-8-4-5-9-15(14)17-20(18,19)11-10-13-6-2-1-3-7-13/h1-3,6-7,14-15,17H,4-5,8-12,16H2/t14-,15-/m1/s1. The third-order valence-corrected chi connectivity index (χ3v) is 5.45. The highest BCUT2D eigenvalue weighted by molar-refractivity contribution is 7.89. The molecule has 3 N–H and O–H groups in total. The number of aryl methyl sites for hydroxylation is 1. The molecule has 0 saturated heterocycles. The molecule has 5 heteroatoms. The Hall–Kier alpha value is -0.910. The molecule has 1 aliphatic carbocycles. The monoisotopic (exact) mass is 296 g/mol. The first kappa shape index (κ1) is 15.5. The maximum atomic E-state index is 12.2. The van der Waals surface area contributed by atoms with Crippen LogP contribution in [0.5, 0.6) is 0 Å². The van der Waals surface area contributed by atoms with Crippen LogP contribution in [0.3, 0.4) is 0 Å². The van der Waals surface area contributed by atoms with Gasteiger partial charge < -0.3 is 5.73 Å². The highest BCUT2D eigenvalue weighted by Crippen LogP contribution is 2.24. The zero-order chi connectivity index (χ0) is 14.4. The summed E-state index contributed by atoms with van der Waals surface area (Å²) in [6.45, 7) is 0.561. The Labute approximate surface area is 121 Å². The van der Waals surface area contributed by atoms with Crippen LogP contribution in [0, 0.1) is 5.92 Å². The number of nitrogens with two attached hydrogens (primary N) is 1. The number of hydrogen-bond acceptors (Lipinski definition) is 3. The summed E-state index contributed by atoms with van der Waals surface area (Å²) in [7, 11) is -3.23. The summed E-state index contributed by atoms with van der Waals surface area (Å²) in [6.07, 6.45) is 4.73. The Balaban J connectivity index is 1.90. The smallest absolute Gasteiger partial charge is 0.212 e. The van der Waals surface area contributed by atoms with Gasteiger partial charge in [0.25, 0.3) is 0 Å². The van der Waals surface area contributed by atoms with Gasteiger partial charge in [-0.2, -0.15) is 0 Å². The topological polar surface area (TPSA) is 72.2 Å². The fourth-order valence-electron chi connectivity index (χ4n) is 2.83. The Kier molecular flexibility index (Phi) is 5.57. The molecule has 2 atom stereocenters. The first-order valence-corrected chi connectivity index (χ1v) is 9.00. The molecular weight excluding hydrogens is 272 g/mol. The quantitative estimate of drug-likeness (QED) is 0.838. The van der Waals surface area contributed by atoms with E-state index < -0.39 is 10.0 Å². The van der Waals surface area contributed by atoms with E-state index in [1.807, 2.05) is 30.3 Å². The summed E-state index contributed by atoms with van der Waals surface area (Å²) in [5, 5.41) is 0. The molecule has 4 nitrogen and oxygen atoms in total. The van der Waals surface area contributed by atoms with Gasteiger partial charge in [-0.15, -0.1) is 0 Å². The molecule has 112 valence electrons. The van der Waals surface area contributed by atoms with Gasteiger partial charge in [-0.3, -0.25) is 0 Å². The number of hydrogen-bond donors (Lipinski definition) is 2. The predicted octanol–water partition coefficient (Wildman–Crippen LogP) is 1.67. The maximum Gasteiger partial charge on any atom is 0.212 e. The van der Waals surface area contributed by atoms with Gasteiger partial charge in [0.1, 0.15) is 0 Å². The lowest BCUT2D eigenvalue weighted by molar-refractivity contribution is 0.296. The van der Waals surface area contributed by atoms with Gasteiger partial charge >= 0.3 is 0 Å². The maximum absolute atomic E-state index is 12.2. The predicted molar refractivity (Wildman–Crippen MR) is 81.9 cm³/mol. The minimum Gasteiger partial charge on any atom is -0.330 e. The van der Waals surface area contributed by atoms with Gasteiger partial charge in [0, 0.05) is 6.04 Å². The second-order valence-corrected chi connectivity index (χ2v) is 7.43. The molecule has 0 aliphatic heterocycles. The van der Waals surface area contributed by atoms with Crippen molar-refractivity contribution in [2.24, 2.45) is 11.7 Å². The summed E-state index contributed by atoms with van der Waals surface area (Å²) >= 11 is 0. The van der Waals surface area contributed by atoms with Crippen molar-refractivity contribution in [2.75, 3.05) is 12.3 Å². The molecule has 2 rings (SSSR count). The molecule has 0 heterocycles. The molecule has 1 aliphatic rings. The molecule has 0 radical (unpaired) electrons. The Morgan fingerprint density at radius 2 is 1.85 bits per heavy atom. The van der Waals surface area contributed by atoms with Crippen LogP contribution in [0.15, 0.2) is 30.3 Å². The molecule has 1 fully saturated rings. The van der Waals surface area contributed by atoms with Crippen LogP contribution in [-0.2, 0) is 16.4 Å². The molecule has 0 unspecified atom stereocenters. The van der Waals surface area contributed by atoms with Crippen molar-refractivity contribution >= 4 is 10.0 Å². The van der Waals surface area contributed by atoms with Crippen LogP contribution >= 0.6 is 0 Å². The minimum atomic E-state index is -3.23. The summed E-state index contributed by atoms with van der Waals surface area (Å²) in [4.78, 5) is 0. The van der Waals surface area contributed by atoms with Crippen molar-refractivity contribution in [3.8, 4) is 0 Å². The van der Waals surface area contributed by atoms with Crippen LogP contribution in [-0.4, -0.2) is 26.8 Å². The summed E-state index contributed by atoms with van der Waals surface area (Å²) in [5.41, 5.74) is 6.80. The number of rotatable bonds is 6. The molecular formula is C15H24N2O2S.